The molecule has 0 N–H and O–H groups in total. The average molecular weight is 979 g/mol. The van der Waals surface area contributed by atoms with Crippen molar-refractivity contribution in [2.75, 3.05) is 14.7 Å². The van der Waals surface area contributed by atoms with E-state index in [0.29, 0.717) is 11.5 Å². The summed E-state index contributed by atoms with van der Waals surface area (Å²) < 4.78 is 36.3. The monoisotopic (exact) mass is 978 g/mol. The van der Waals surface area contributed by atoms with Crippen LogP contribution in [0.1, 0.15) is 0 Å². The SMILES string of the molecule is O=C1C=CC(=O)N1c1ccc(OP2(Oc3ccc(N4C(=O)C=CC4=O)cc3)(Oc3ccc(N4C(=O)C=CC4=O)cc3)N=PN(Oc3ccccc3)P(Oc3ccccc3)N2Oc2ccccc2)cc1. The van der Waals surface area contributed by atoms with Gasteiger partial charge in [-0.1, -0.05) is 0 Å². The Kier molecular flexibility index (Phi) is 11.8. The average Bonchev–Trinajstić information content (AvgIpc) is 4.02. The quantitative estimate of drug-likeness (QED) is 0.0699. The van der Waals surface area contributed by atoms with Gasteiger partial charge in [0.1, 0.15) is 0 Å². The molecule has 0 saturated heterocycles. The number of benzene rings is 6. The number of carbonyl (C=O) groups excluding carboxylic acids is 6. The van der Waals surface area contributed by atoms with Crippen molar-refractivity contribution in [1.82, 2.24) is 9.21 Å². The van der Waals surface area contributed by atoms with Crippen molar-refractivity contribution in [3.05, 3.63) is 200 Å². The second-order valence-electron chi connectivity index (χ2n) is 14.7. The first-order valence-corrected chi connectivity index (χ1v) is 24.5. The number of rotatable bonds is 15. The van der Waals surface area contributed by atoms with E-state index in [1.165, 1.54) is 82.0 Å². The number of para-hydroxylation sites is 3. The first kappa shape index (κ1) is 44.5. The fourth-order valence-corrected chi connectivity index (χ4v) is 14.7. The van der Waals surface area contributed by atoms with Crippen molar-refractivity contribution in [3.8, 4) is 34.5 Å². The number of imide groups is 3. The van der Waals surface area contributed by atoms with Crippen LogP contribution in [-0.2, 0) is 28.8 Å². The van der Waals surface area contributed by atoms with Gasteiger partial charge in [0.25, 0.3) is 0 Å². The summed E-state index contributed by atoms with van der Waals surface area (Å²) in [6, 6.07) is 44.1. The zero-order chi connectivity index (χ0) is 47.6. The Morgan fingerprint density at radius 1 is 0.377 bits per heavy atom. The molecule has 69 heavy (non-hydrogen) atoms. The van der Waals surface area contributed by atoms with Gasteiger partial charge < -0.3 is 0 Å². The third-order valence-corrected chi connectivity index (χ3v) is 17.3. The fourth-order valence-electron chi connectivity index (χ4n) is 7.00. The predicted octanol–water partition coefficient (Wildman–Crippen LogP) is 9.60. The van der Waals surface area contributed by atoms with Crippen molar-refractivity contribution < 1.29 is 56.5 Å². The summed E-state index contributed by atoms with van der Waals surface area (Å²) in [6.07, 6.45) is 6.98. The third-order valence-electron chi connectivity index (χ3n) is 10.1. The molecule has 4 aliphatic rings. The van der Waals surface area contributed by atoms with Crippen LogP contribution < -0.4 is 42.5 Å². The van der Waals surface area contributed by atoms with Crippen molar-refractivity contribution in [2.24, 2.45) is 4.52 Å². The Balaban J connectivity index is 1.20. The molecule has 6 amide bonds. The molecule has 21 heteroatoms. The molecule has 0 radical (unpaired) electrons. The molecule has 1 atom stereocenters. The minimum atomic E-state index is -5.90. The first-order chi connectivity index (χ1) is 33.5. The van der Waals surface area contributed by atoms with Gasteiger partial charge in [-0.2, -0.15) is 0 Å². The first-order valence-electron chi connectivity index (χ1n) is 20.7. The van der Waals surface area contributed by atoms with E-state index in [2.05, 4.69) is 0 Å². The molecule has 0 spiro atoms. The Labute approximate surface area is 395 Å². The van der Waals surface area contributed by atoms with E-state index in [1.54, 1.807) is 78.9 Å². The van der Waals surface area contributed by atoms with Gasteiger partial charge >= 0.3 is 397 Å². The Bertz CT molecular complexity index is 2860. The minimum absolute atomic E-state index is 0.0184. The number of hydrogen-bond donors (Lipinski definition) is 0. The molecule has 0 fully saturated rings. The number of nitrogens with zero attached hydrogens (tertiary/aromatic N) is 6. The van der Waals surface area contributed by atoms with Crippen LogP contribution >= 0.6 is 24.6 Å². The van der Waals surface area contributed by atoms with Crippen LogP contribution in [0, 0.1) is 0 Å². The van der Waals surface area contributed by atoms with Gasteiger partial charge in [-0.25, -0.2) is 0 Å². The van der Waals surface area contributed by atoms with Crippen LogP contribution in [-0.4, -0.2) is 44.7 Å². The number of hydrogen-bond acceptors (Lipinski definition) is 15. The molecule has 18 nitrogen and oxygen atoms in total. The zero-order valence-electron chi connectivity index (χ0n) is 35.5. The van der Waals surface area contributed by atoms with E-state index in [9.17, 15) is 28.8 Å². The van der Waals surface area contributed by atoms with Gasteiger partial charge in [0.15, 0.2) is 0 Å². The van der Waals surface area contributed by atoms with Crippen LogP contribution in [0.4, 0.5) is 17.1 Å². The molecular weight excluding hydrogens is 945 g/mol. The Hall–Kier alpha value is -8.36. The molecule has 6 aromatic rings. The van der Waals surface area contributed by atoms with Crippen molar-refractivity contribution in [1.29, 1.82) is 0 Å². The Morgan fingerprint density at radius 2 is 0.696 bits per heavy atom. The van der Waals surface area contributed by atoms with E-state index >= 15 is 0 Å². The van der Waals surface area contributed by atoms with Crippen LogP contribution in [0.2, 0.25) is 0 Å². The molecule has 0 saturated carbocycles. The summed E-state index contributed by atoms with van der Waals surface area (Å²) in [4.78, 5) is 92.9. The Morgan fingerprint density at radius 3 is 1.04 bits per heavy atom. The molecule has 0 aromatic heterocycles. The molecule has 342 valence electrons. The van der Waals surface area contributed by atoms with E-state index in [0.717, 1.165) is 51.2 Å². The van der Waals surface area contributed by atoms with Crippen molar-refractivity contribution in [3.63, 3.8) is 0 Å². The van der Waals surface area contributed by atoms with Crippen LogP contribution in [0.25, 0.3) is 0 Å². The summed E-state index contributed by atoms with van der Waals surface area (Å²) >= 11 is 0. The molecule has 0 aliphatic carbocycles. The van der Waals surface area contributed by atoms with E-state index < -0.39 is 51.5 Å². The van der Waals surface area contributed by atoms with E-state index in [4.69, 9.17) is 32.3 Å². The number of amides is 6. The molecular formula is C48H33N6O12P3. The van der Waals surface area contributed by atoms with Gasteiger partial charge in [0.05, 0.1) is 0 Å². The number of anilines is 3. The molecule has 10 rings (SSSR count). The van der Waals surface area contributed by atoms with Gasteiger partial charge in [0.2, 0.25) is 0 Å². The second-order valence-corrected chi connectivity index (χ2v) is 20.6. The zero-order valence-corrected chi connectivity index (χ0v) is 38.2. The van der Waals surface area contributed by atoms with Crippen LogP contribution in [0.3, 0.4) is 0 Å². The van der Waals surface area contributed by atoms with Gasteiger partial charge in [0, 0.05) is 0 Å². The van der Waals surface area contributed by atoms with Crippen molar-refractivity contribution in [2.45, 2.75) is 0 Å². The van der Waals surface area contributed by atoms with Gasteiger partial charge in [-0.05, 0) is 0 Å². The maximum absolute atomic E-state index is 12.7. The second kappa shape index (κ2) is 18.4. The summed E-state index contributed by atoms with van der Waals surface area (Å²) in [7, 11) is -8.46. The van der Waals surface area contributed by atoms with Crippen LogP contribution in [0.15, 0.2) is 205 Å². The normalized spacial score (nSPS) is 19.2. The standard InChI is InChI=1S/C48H33N6O12P3/c55-43-28-29-44(56)50(43)34-16-22-40(23-17-34)64-69(65-41-24-18-35(19-25-41)51-45(57)30-31-46(51)58,66-42-26-20-36(21-27-42)52-47(59)32-33-48(52)60)49-67-53(61-37-10-4-1-5-11-37)68(63-39-14-8-3-9-15-39)54(69)62-38-12-6-2-7-13-38/h1-33H. The molecule has 1 unspecified atom stereocenters. The van der Waals surface area contributed by atoms with E-state index in [1.807, 2.05) is 12.1 Å². The molecule has 0 bridgehead atoms. The van der Waals surface area contributed by atoms with E-state index in [-0.39, 0.29) is 48.6 Å². The summed E-state index contributed by atoms with van der Waals surface area (Å²) in [5, 5.41) is 0. The topological polar surface area (TPSA) is 186 Å². The molecule has 6 aromatic carbocycles. The predicted molar refractivity (Wildman–Crippen MR) is 254 cm³/mol. The van der Waals surface area contributed by atoms with Gasteiger partial charge in [-0.3, -0.25) is 0 Å². The summed E-state index contributed by atoms with van der Waals surface area (Å²) in [5.41, 5.74) is 0.690. The van der Waals surface area contributed by atoms with Crippen LogP contribution in [0.5, 0.6) is 34.5 Å². The molecule has 4 aliphatic heterocycles. The fraction of sp³-hybridized carbons (Fsp3) is 0. The van der Waals surface area contributed by atoms with Crippen molar-refractivity contribution >= 4 is 77.1 Å². The summed E-state index contributed by atoms with van der Waals surface area (Å²) in [5.74, 6) is -2.16. The third kappa shape index (κ3) is 8.85. The van der Waals surface area contributed by atoms with Gasteiger partial charge in [-0.15, -0.1) is 0 Å². The number of carbonyl (C=O) groups is 6. The summed E-state index contributed by atoms with van der Waals surface area (Å²) in [6.45, 7) is 0. The molecule has 4 heterocycles. The maximum atomic E-state index is 12.7.